The van der Waals surface area contributed by atoms with E-state index in [1.54, 1.807) is 19.2 Å². The second kappa shape index (κ2) is 6.56. The monoisotopic (exact) mass is 439 g/mol. The largest absolute Gasteiger partial charge is 0.337 e. The molecule has 0 radical (unpaired) electrons. The number of benzene rings is 1. The molecule has 1 heterocycles. The van der Waals surface area contributed by atoms with Crippen molar-refractivity contribution in [2.45, 2.75) is 6.54 Å². The van der Waals surface area contributed by atoms with Crippen LogP contribution >= 0.6 is 54.8 Å². The predicted molar refractivity (Wildman–Crippen MR) is 86.9 cm³/mol. The Morgan fingerprint density at radius 2 is 2.15 bits per heavy atom. The molecule has 0 aliphatic carbocycles. The Morgan fingerprint density at radius 3 is 2.70 bits per heavy atom. The lowest BCUT2D eigenvalue weighted by molar-refractivity contribution is 0.0788. The lowest BCUT2D eigenvalue weighted by Crippen LogP contribution is -2.26. The quantitative estimate of drug-likeness (QED) is 0.630. The molecule has 0 atom stereocenters. The molecule has 0 saturated carbocycles. The molecular formula is C13H9Br2ClFNOS. The van der Waals surface area contributed by atoms with E-state index in [0.29, 0.717) is 15.5 Å². The van der Waals surface area contributed by atoms with Gasteiger partial charge in [-0.25, -0.2) is 4.39 Å². The highest BCUT2D eigenvalue weighted by Crippen LogP contribution is 2.33. The molecule has 0 unspecified atom stereocenters. The molecule has 0 N–H and O–H groups in total. The molecule has 106 valence electrons. The summed E-state index contributed by atoms with van der Waals surface area (Å²) >= 11 is 14.0. The van der Waals surface area contributed by atoms with Gasteiger partial charge in [0.05, 0.1) is 15.2 Å². The summed E-state index contributed by atoms with van der Waals surface area (Å²) in [5, 5.41) is 0.318. The first-order chi connectivity index (χ1) is 9.40. The van der Waals surface area contributed by atoms with Gasteiger partial charge in [-0.15, -0.1) is 11.3 Å². The first-order valence-corrected chi connectivity index (χ1v) is 8.31. The van der Waals surface area contributed by atoms with Crippen molar-refractivity contribution in [2.75, 3.05) is 7.05 Å². The Hall–Kier alpha value is -0.430. The van der Waals surface area contributed by atoms with E-state index in [-0.39, 0.29) is 12.5 Å². The Morgan fingerprint density at radius 1 is 1.45 bits per heavy atom. The maximum Gasteiger partial charge on any atom is 0.264 e. The Labute approximate surface area is 141 Å². The molecule has 0 spiro atoms. The first kappa shape index (κ1) is 15.9. The normalized spacial score (nSPS) is 10.7. The minimum atomic E-state index is -0.411. The highest BCUT2D eigenvalue weighted by atomic mass is 79.9. The molecule has 0 bridgehead atoms. The summed E-state index contributed by atoms with van der Waals surface area (Å²) in [4.78, 5) is 14.3. The standard InChI is InChI=1S/C13H9Br2ClFNOS/c1-18(6-7-9(16)3-2-4-10(7)17)13(19)11-5-8(14)12(15)20-11/h2-5H,6H2,1H3. The van der Waals surface area contributed by atoms with Crippen molar-refractivity contribution in [3.63, 3.8) is 0 Å². The first-order valence-electron chi connectivity index (χ1n) is 5.53. The van der Waals surface area contributed by atoms with E-state index in [1.807, 2.05) is 0 Å². The van der Waals surface area contributed by atoms with E-state index in [2.05, 4.69) is 31.9 Å². The van der Waals surface area contributed by atoms with Crippen LogP contribution in [0.25, 0.3) is 0 Å². The van der Waals surface area contributed by atoms with Crippen molar-refractivity contribution in [3.05, 3.63) is 53.8 Å². The molecule has 1 aromatic carbocycles. The summed E-state index contributed by atoms with van der Waals surface area (Å²) in [6.45, 7) is 0.122. The zero-order valence-corrected chi connectivity index (χ0v) is 15.0. The molecule has 0 fully saturated rings. The van der Waals surface area contributed by atoms with Crippen LogP contribution in [0.5, 0.6) is 0 Å². The van der Waals surface area contributed by atoms with Crippen molar-refractivity contribution in [1.29, 1.82) is 0 Å². The lowest BCUT2D eigenvalue weighted by atomic mass is 10.2. The summed E-state index contributed by atoms with van der Waals surface area (Å²) in [6, 6.07) is 6.21. The van der Waals surface area contributed by atoms with Crippen molar-refractivity contribution >= 4 is 60.7 Å². The number of nitrogens with zero attached hydrogens (tertiary/aromatic N) is 1. The fraction of sp³-hybridized carbons (Fsp3) is 0.154. The molecule has 20 heavy (non-hydrogen) atoms. The van der Waals surface area contributed by atoms with Crippen LogP contribution < -0.4 is 0 Å². The van der Waals surface area contributed by atoms with Gasteiger partial charge >= 0.3 is 0 Å². The third-order valence-electron chi connectivity index (χ3n) is 2.66. The van der Waals surface area contributed by atoms with Gasteiger partial charge in [-0.1, -0.05) is 17.7 Å². The second-order valence-electron chi connectivity index (χ2n) is 4.09. The van der Waals surface area contributed by atoms with Gasteiger partial charge in [-0.2, -0.15) is 0 Å². The molecule has 2 aromatic rings. The number of amides is 1. The van der Waals surface area contributed by atoms with Crippen LogP contribution in [-0.2, 0) is 6.54 Å². The Bertz CT molecular complexity index is 622. The summed E-state index contributed by atoms with van der Waals surface area (Å²) < 4.78 is 15.4. The fourth-order valence-corrected chi connectivity index (χ4v) is 3.89. The Balaban J connectivity index is 2.20. The number of carbonyl (C=O) groups excluding carboxylic acids is 1. The third-order valence-corrected chi connectivity index (χ3v) is 6.26. The number of halogens is 4. The summed E-state index contributed by atoms with van der Waals surface area (Å²) in [6.07, 6.45) is 0. The smallest absolute Gasteiger partial charge is 0.264 e. The fourth-order valence-electron chi connectivity index (χ4n) is 1.63. The molecule has 1 amide bonds. The third kappa shape index (κ3) is 3.42. The van der Waals surface area contributed by atoms with E-state index in [1.165, 1.54) is 28.4 Å². The van der Waals surface area contributed by atoms with Gasteiger partial charge in [0, 0.05) is 22.1 Å². The molecule has 7 heteroatoms. The van der Waals surface area contributed by atoms with Crippen LogP contribution in [0.2, 0.25) is 5.02 Å². The zero-order chi connectivity index (χ0) is 14.9. The zero-order valence-electron chi connectivity index (χ0n) is 10.3. The Kier molecular flexibility index (Phi) is 5.23. The maximum absolute atomic E-state index is 13.7. The summed E-state index contributed by atoms with van der Waals surface area (Å²) in [5.74, 6) is -0.591. The van der Waals surface area contributed by atoms with E-state index in [0.717, 1.165) is 8.26 Å². The van der Waals surface area contributed by atoms with Crippen LogP contribution in [0.4, 0.5) is 4.39 Å². The van der Waals surface area contributed by atoms with Crippen LogP contribution in [0.15, 0.2) is 32.5 Å². The molecule has 0 aliphatic rings. The maximum atomic E-state index is 13.7. The van der Waals surface area contributed by atoms with E-state index >= 15 is 0 Å². The van der Waals surface area contributed by atoms with Gasteiger partial charge in [0.2, 0.25) is 0 Å². The molecule has 2 nitrogen and oxygen atoms in total. The van der Waals surface area contributed by atoms with Crippen LogP contribution in [0, 0.1) is 5.82 Å². The average molecular weight is 442 g/mol. The van der Waals surface area contributed by atoms with Gasteiger partial charge in [0.1, 0.15) is 5.82 Å². The van der Waals surface area contributed by atoms with Crippen molar-refractivity contribution < 1.29 is 9.18 Å². The van der Waals surface area contributed by atoms with Crippen molar-refractivity contribution in [3.8, 4) is 0 Å². The minimum Gasteiger partial charge on any atom is -0.337 e. The van der Waals surface area contributed by atoms with Crippen LogP contribution in [0.1, 0.15) is 15.2 Å². The van der Waals surface area contributed by atoms with E-state index < -0.39 is 5.82 Å². The average Bonchev–Trinajstić information content (AvgIpc) is 2.73. The molecule has 0 saturated heterocycles. The molecule has 0 aliphatic heterocycles. The number of rotatable bonds is 3. The number of hydrogen-bond donors (Lipinski definition) is 0. The number of hydrogen-bond acceptors (Lipinski definition) is 2. The van der Waals surface area contributed by atoms with Crippen molar-refractivity contribution in [1.82, 2.24) is 4.90 Å². The molecular weight excluding hydrogens is 432 g/mol. The van der Waals surface area contributed by atoms with Crippen LogP contribution in [0.3, 0.4) is 0 Å². The van der Waals surface area contributed by atoms with Gasteiger partial charge in [0.25, 0.3) is 5.91 Å². The number of thiophene rings is 1. The summed E-state index contributed by atoms with van der Waals surface area (Å²) in [7, 11) is 1.62. The second-order valence-corrected chi connectivity index (χ2v) is 7.73. The van der Waals surface area contributed by atoms with Gasteiger partial charge in [-0.3, -0.25) is 4.79 Å². The van der Waals surface area contributed by atoms with Gasteiger partial charge in [0.15, 0.2) is 0 Å². The van der Waals surface area contributed by atoms with E-state index in [4.69, 9.17) is 11.6 Å². The minimum absolute atomic E-state index is 0.122. The summed E-state index contributed by atoms with van der Waals surface area (Å²) in [5.41, 5.74) is 0.319. The topological polar surface area (TPSA) is 20.3 Å². The van der Waals surface area contributed by atoms with Gasteiger partial charge < -0.3 is 4.90 Å². The van der Waals surface area contributed by atoms with E-state index in [9.17, 15) is 9.18 Å². The molecule has 1 aromatic heterocycles. The molecule has 2 rings (SSSR count). The lowest BCUT2D eigenvalue weighted by Gasteiger charge is -2.17. The highest BCUT2D eigenvalue weighted by molar-refractivity contribution is 9.13. The SMILES string of the molecule is CN(Cc1c(F)cccc1Cl)C(=O)c1cc(Br)c(Br)s1. The van der Waals surface area contributed by atoms with Crippen LogP contribution in [-0.4, -0.2) is 17.9 Å². The predicted octanol–water partition coefficient (Wildman–Crippen LogP) is 5.34. The number of carbonyl (C=O) groups is 1. The highest BCUT2D eigenvalue weighted by Gasteiger charge is 2.18. The van der Waals surface area contributed by atoms with Crippen molar-refractivity contribution in [2.24, 2.45) is 0 Å². The van der Waals surface area contributed by atoms with Gasteiger partial charge in [-0.05, 0) is 50.1 Å².